The van der Waals surface area contributed by atoms with E-state index in [2.05, 4.69) is 9.82 Å². The Morgan fingerprint density at radius 1 is 1.50 bits per heavy atom. The van der Waals surface area contributed by atoms with Crippen molar-refractivity contribution >= 4 is 10.0 Å². The van der Waals surface area contributed by atoms with Crippen molar-refractivity contribution in [2.24, 2.45) is 7.05 Å². The molecule has 0 amide bonds. The van der Waals surface area contributed by atoms with Gasteiger partial charge in [-0.3, -0.25) is 4.68 Å². The van der Waals surface area contributed by atoms with Crippen LogP contribution >= 0.6 is 0 Å². The van der Waals surface area contributed by atoms with Crippen LogP contribution in [0.1, 0.15) is 18.3 Å². The summed E-state index contributed by atoms with van der Waals surface area (Å²) in [5.41, 5.74) is 1.03. The van der Waals surface area contributed by atoms with Gasteiger partial charge in [0.2, 0.25) is 10.0 Å². The molecule has 7 heteroatoms. The molecule has 2 N–H and O–H groups in total. The maximum absolute atomic E-state index is 12.0. The molecule has 0 saturated heterocycles. The highest BCUT2D eigenvalue weighted by Gasteiger charge is 2.24. The van der Waals surface area contributed by atoms with Crippen molar-refractivity contribution in [1.29, 1.82) is 0 Å². The molecule has 1 atom stereocenters. The Morgan fingerprint density at radius 2 is 2.06 bits per heavy atom. The van der Waals surface area contributed by atoms with Crippen molar-refractivity contribution in [2.45, 2.75) is 31.7 Å². The van der Waals surface area contributed by atoms with E-state index in [0.717, 1.165) is 0 Å². The van der Waals surface area contributed by atoms with Gasteiger partial charge in [-0.15, -0.1) is 0 Å². The number of aromatic nitrogens is 2. The maximum Gasteiger partial charge on any atom is 0.244 e. The van der Waals surface area contributed by atoms with Gasteiger partial charge in [-0.25, -0.2) is 13.1 Å². The van der Waals surface area contributed by atoms with E-state index < -0.39 is 16.1 Å². The monoisotopic (exact) mass is 247 g/mol. The minimum atomic E-state index is -3.61. The van der Waals surface area contributed by atoms with Gasteiger partial charge >= 0.3 is 0 Å². The average Bonchev–Trinajstić information content (AvgIpc) is 2.40. The van der Waals surface area contributed by atoms with E-state index in [1.807, 2.05) is 0 Å². The number of nitrogens with one attached hydrogen (secondary N) is 1. The Kier molecular flexibility index (Phi) is 3.72. The van der Waals surface area contributed by atoms with E-state index in [9.17, 15) is 8.42 Å². The molecule has 1 rings (SSSR count). The summed E-state index contributed by atoms with van der Waals surface area (Å²) in [6, 6.07) is -0.510. The molecule has 0 fully saturated rings. The van der Waals surface area contributed by atoms with E-state index >= 15 is 0 Å². The van der Waals surface area contributed by atoms with E-state index in [0.29, 0.717) is 11.4 Å². The fourth-order valence-electron chi connectivity index (χ4n) is 1.50. The van der Waals surface area contributed by atoms with Crippen LogP contribution in [0, 0.1) is 13.8 Å². The first kappa shape index (κ1) is 13.1. The lowest BCUT2D eigenvalue weighted by atomic mass is 10.4. The molecule has 0 aromatic carbocycles. The summed E-state index contributed by atoms with van der Waals surface area (Å²) in [5.74, 6) is 0. The molecular weight excluding hydrogens is 230 g/mol. The van der Waals surface area contributed by atoms with Gasteiger partial charge in [0.25, 0.3) is 0 Å². The van der Waals surface area contributed by atoms with Crippen molar-refractivity contribution in [2.75, 3.05) is 6.61 Å². The van der Waals surface area contributed by atoms with Gasteiger partial charge in [0.1, 0.15) is 4.90 Å². The number of aryl methyl sites for hydroxylation is 2. The summed E-state index contributed by atoms with van der Waals surface area (Å²) in [5, 5.41) is 12.9. The van der Waals surface area contributed by atoms with Gasteiger partial charge in [-0.1, -0.05) is 0 Å². The lowest BCUT2D eigenvalue weighted by Gasteiger charge is -2.11. The van der Waals surface area contributed by atoms with E-state index in [4.69, 9.17) is 5.11 Å². The molecule has 0 aliphatic rings. The zero-order valence-corrected chi connectivity index (χ0v) is 10.7. The normalized spacial score (nSPS) is 14.1. The molecule has 0 aliphatic heterocycles. The molecular formula is C9H17N3O3S. The topological polar surface area (TPSA) is 84.2 Å². The number of hydrogen-bond donors (Lipinski definition) is 2. The third kappa shape index (κ3) is 2.42. The number of aliphatic hydroxyl groups is 1. The first-order chi connectivity index (χ1) is 7.29. The van der Waals surface area contributed by atoms with Crippen molar-refractivity contribution in [1.82, 2.24) is 14.5 Å². The predicted molar refractivity (Wildman–Crippen MR) is 59.6 cm³/mol. The van der Waals surface area contributed by atoms with E-state index in [1.54, 1.807) is 27.8 Å². The van der Waals surface area contributed by atoms with Crippen LogP contribution in [-0.2, 0) is 17.1 Å². The van der Waals surface area contributed by atoms with Crippen LogP contribution in [-0.4, -0.2) is 36.0 Å². The Morgan fingerprint density at radius 3 is 2.44 bits per heavy atom. The van der Waals surface area contributed by atoms with E-state index in [1.165, 1.54) is 4.68 Å². The quantitative estimate of drug-likeness (QED) is 0.765. The van der Waals surface area contributed by atoms with Crippen molar-refractivity contribution in [3.63, 3.8) is 0 Å². The van der Waals surface area contributed by atoms with Crippen LogP contribution in [0.25, 0.3) is 0 Å². The van der Waals surface area contributed by atoms with E-state index in [-0.39, 0.29) is 11.5 Å². The highest BCUT2D eigenvalue weighted by molar-refractivity contribution is 7.89. The molecule has 0 aliphatic carbocycles. The summed E-state index contributed by atoms with van der Waals surface area (Å²) in [6.07, 6.45) is 0. The third-order valence-corrected chi connectivity index (χ3v) is 4.18. The zero-order chi connectivity index (χ0) is 12.5. The molecule has 6 nitrogen and oxygen atoms in total. The fraction of sp³-hybridized carbons (Fsp3) is 0.667. The Hall–Kier alpha value is -0.920. The third-order valence-electron chi connectivity index (χ3n) is 2.34. The minimum Gasteiger partial charge on any atom is -0.395 e. The highest BCUT2D eigenvalue weighted by Crippen LogP contribution is 2.18. The van der Waals surface area contributed by atoms with Crippen molar-refractivity contribution in [3.05, 3.63) is 11.4 Å². The Labute approximate surface area is 95.3 Å². The second-order valence-electron chi connectivity index (χ2n) is 3.83. The summed E-state index contributed by atoms with van der Waals surface area (Å²) in [4.78, 5) is 0.190. The van der Waals surface area contributed by atoms with Gasteiger partial charge in [0.05, 0.1) is 18.0 Å². The lowest BCUT2D eigenvalue weighted by molar-refractivity contribution is 0.265. The molecule has 0 radical (unpaired) electrons. The van der Waals surface area contributed by atoms with Crippen LogP contribution in [0.4, 0.5) is 0 Å². The minimum absolute atomic E-state index is 0.190. The predicted octanol–water partition coefficient (Wildman–Crippen LogP) is -0.304. The fourth-order valence-corrected chi connectivity index (χ4v) is 3.18. The van der Waals surface area contributed by atoms with Gasteiger partial charge in [0, 0.05) is 13.1 Å². The Balaban J connectivity index is 3.17. The number of aliphatic hydroxyl groups excluding tert-OH is 1. The Bertz CT molecular complexity index is 478. The van der Waals surface area contributed by atoms with Gasteiger partial charge in [-0.05, 0) is 20.8 Å². The molecule has 0 spiro atoms. The van der Waals surface area contributed by atoms with Crippen LogP contribution < -0.4 is 4.72 Å². The van der Waals surface area contributed by atoms with Crippen molar-refractivity contribution in [3.8, 4) is 0 Å². The van der Waals surface area contributed by atoms with Gasteiger partial charge in [-0.2, -0.15) is 5.10 Å². The van der Waals surface area contributed by atoms with Crippen LogP contribution in [0.2, 0.25) is 0 Å². The number of sulfonamides is 1. The molecule has 92 valence electrons. The smallest absolute Gasteiger partial charge is 0.244 e. The molecule has 16 heavy (non-hydrogen) atoms. The average molecular weight is 247 g/mol. The largest absolute Gasteiger partial charge is 0.395 e. The zero-order valence-electron chi connectivity index (χ0n) is 9.85. The molecule has 1 unspecified atom stereocenters. The number of nitrogens with zero attached hydrogens (tertiary/aromatic N) is 2. The summed E-state index contributed by atoms with van der Waals surface area (Å²) in [7, 11) is -1.91. The highest BCUT2D eigenvalue weighted by atomic mass is 32.2. The molecule has 1 aromatic heterocycles. The van der Waals surface area contributed by atoms with Gasteiger partial charge < -0.3 is 5.11 Å². The van der Waals surface area contributed by atoms with Crippen LogP contribution in [0.5, 0.6) is 0 Å². The SMILES string of the molecule is Cc1nn(C)c(C)c1S(=O)(=O)NC(C)CO. The second kappa shape index (κ2) is 4.52. The van der Waals surface area contributed by atoms with Gasteiger partial charge in [0.15, 0.2) is 0 Å². The molecule has 1 heterocycles. The second-order valence-corrected chi connectivity index (χ2v) is 5.48. The number of rotatable bonds is 4. The molecule has 1 aromatic rings. The first-order valence-corrected chi connectivity index (χ1v) is 6.41. The van der Waals surface area contributed by atoms with Crippen molar-refractivity contribution < 1.29 is 13.5 Å². The molecule has 0 saturated carbocycles. The lowest BCUT2D eigenvalue weighted by Crippen LogP contribution is -2.35. The first-order valence-electron chi connectivity index (χ1n) is 4.93. The standard InChI is InChI=1S/C9H17N3O3S/c1-6(5-13)11-16(14,15)9-7(2)10-12(4)8(9)3/h6,11,13H,5H2,1-4H3. The summed E-state index contributed by atoms with van der Waals surface area (Å²) in [6.45, 7) is 4.69. The van der Waals surface area contributed by atoms with Crippen LogP contribution in [0.15, 0.2) is 4.90 Å². The summed E-state index contributed by atoms with van der Waals surface area (Å²) >= 11 is 0. The van der Waals surface area contributed by atoms with Crippen LogP contribution in [0.3, 0.4) is 0 Å². The number of hydrogen-bond acceptors (Lipinski definition) is 4. The maximum atomic E-state index is 12.0. The summed E-state index contributed by atoms with van der Waals surface area (Å²) < 4.78 is 27.9. The molecule has 0 bridgehead atoms.